The highest BCUT2D eigenvalue weighted by atomic mass is 32.2. The maximum absolute atomic E-state index is 13.4. The van der Waals surface area contributed by atoms with Crippen molar-refractivity contribution >= 4 is 46.9 Å². The topological polar surface area (TPSA) is 126 Å². The highest BCUT2D eigenvalue weighted by Crippen LogP contribution is 2.27. The number of hydrogen-bond donors (Lipinski definition) is 4. The number of ether oxygens (including phenoxy) is 2. The molecule has 42 heavy (non-hydrogen) atoms. The summed E-state index contributed by atoms with van der Waals surface area (Å²) in [6.45, 7) is 0. The first-order valence-corrected chi connectivity index (χ1v) is 13.8. The van der Waals surface area contributed by atoms with Crippen LogP contribution >= 0.6 is 11.8 Å². The molecule has 0 aromatic heterocycles. The van der Waals surface area contributed by atoms with Crippen LogP contribution in [0.4, 0.5) is 11.4 Å². The number of aromatic hydroxyl groups is 1. The summed E-state index contributed by atoms with van der Waals surface area (Å²) < 4.78 is 10.6. The maximum Gasteiger partial charge on any atom is 0.272 e. The van der Waals surface area contributed by atoms with E-state index in [2.05, 4.69) is 16.0 Å². The van der Waals surface area contributed by atoms with Crippen LogP contribution in [0.15, 0.2) is 108 Å². The van der Waals surface area contributed by atoms with Crippen LogP contribution in [-0.4, -0.2) is 42.8 Å². The molecule has 4 aromatic rings. The normalized spacial score (nSPS) is 10.9. The molecular weight excluding hydrogens is 554 g/mol. The van der Waals surface area contributed by atoms with Crippen LogP contribution in [0, 0.1) is 0 Å². The number of amides is 3. The van der Waals surface area contributed by atoms with Gasteiger partial charge in [-0.1, -0.05) is 36.4 Å². The molecule has 9 nitrogen and oxygen atoms in total. The van der Waals surface area contributed by atoms with Crippen molar-refractivity contribution in [3.8, 4) is 17.2 Å². The van der Waals surface area contributed by atoms with Gasteiger partial charge in [-0.3, -0.25) is 14.4 Å². The predicted molar refractivity (Wildman–Crippen MR) is 164 cm³/mol. The zero-order valence-corrected chi connectivity index (χ0v) is 23.7. The Balaban J connectivity index is 1.49. The monoisotopic (exact) mass is 583 g/mol. The lowest BCUT2D eigenvalue weighted by atomic mass is 10.1. The van der Waals surface area contributed by atoms with Crippen molar-refractivity contribution in [3.63, 3.8) is 0 Å². The molecule has 4 aromatic carbocycles. The summed E-state index contributed by atoms with van der Waals surface area (Å²) in [6, 6.07) is 27.1. The number of para-hydroxylation sites is 2. The third-order valence-electron chi connectivity index (χ3n) is 5.89. The number of nitrogens with one attached hydrogen (secondary N) is 3. The minimum Gasteiger partial charge on any atom is -0.508 e. The van der Waals surface area contributed by atoms with Crippen LogP contribution in [0.2, 0.25) is 0 Å². The number of carbonyl (C=O) groups excluding carboxylic acids is 3. The largest absolute Gasteiger partial charge is 0.508 e. The van der Waals surface area contributed by atoms with Crippen LogP contribution in [0.3, 0.4) is 0 Å². The summed E-state index contributed by atoms with van der Waals surface area (Å²) in [6.07, 6.45) is 1.47. The van der Waals surface area contributed by atoms with Crippen molar-refractivity contribution in [1.82, 2.24) is 5.32 Å². The Morgan fingerprint density at radius 1 is 0.810 bits per heavy atom. The van der Waals surface area contributed by atoms with Gasteiger partial charge in [-0.15, -0.1) is 11.8 Å². The Bertz CT molecular complexity index is 1610. The molecule has 0 atom stereocenters. The molecule has 10 heteroatoms. The van der Waals surface area contributed by atoms with E-state index in [0.717, 1.165) is 4.90 Å². The Hall–Kier alpha value is -5.22. The molecule has 0 spiro atoms. The van der Waals surface area contributed by atoms with Crippen LogP contribution < -0.4 is 25.4 Å². The quantitative estimate of drug-likeness (QED) is 0.135. The van der Waals surface area contributed by atoms with Crippen LogP contribution in [0.1, 0.15) is 15.9 Å². The first-order valence-electron chi connectivity index (χ1n) is 12.8. The number of carbonyl (C=O) groups is 3. The molecule has 0 aliphatic carbocycles. The van der Waals surface area contributed by atoms with Crippen molar-refractivity contribution in [2.45, 2.75) is 4.90 Å². The smallest absolute Gasteiger partial charge is 0.272 e. The lowest BCUT2D eigenvalue weighted by Crippen LogP contribution is -2.30. The number of hydrogen-bond acceptors (Lipinski definition) is 7. The molecule has 3 amide bonds. The van der Waals surface area contributed by atoms with E-state index >= 15 is 0 Å². The van der Waals surface area contributed by atoms with Gasteiger partial charge in [-0.2, -0.15) is 0 Å². The van der Waals surface area contributed by atoms with E-state index in [1.54, 1.807) is 72.8 Å². The summed E-state index contributed by atoms with van der Waals surface area (Å²) in [4.78, 5) is 39.7. The molecular formula is C32H29N3O6S. The van der Waals surface area contributed by atoms with Crippen LogP contribution in [0.25, 0.3) is 6.08 Å². The molecule has 4 N–H and O–H groups in total. The van der Waals surface area contributed by atoms with E-state index in [9.17, 15) is 19.5 Å². The highest BCUT2D eigenvalue weighted by molar-refractivity contribution is 8.00. The van der Waals surface area contributed by atoms with E-state index in [-0.39, 0.29) is 23.1 Å². The number of rotatable bonds is 11. The first-order chi connectivity index (χ1) is 20.4. The van der Waals surface area contributed by atoms with Gasteiger partial charge in [0, 0.05) is 27.8 Å². The number of anilines is 2. The number of thioether (sulfide) groups is 1. The molecule has 0 fully saturated rings. The van der Waals surface area contributed by atoms with Gasteiger partial charge in [-0.25, -0.2) is 0 Å². The lowest BCUT2D eigenvalue weighted by molar-refractivity contribution is -0.114. The van der Waals surface area contributed by atoms with Crippen molar-refractivity contribution in [2.24, 2.45) is 0 Å². The number of benzene rings is 4. The van der Waals surface area contributed by atoms with Gasteiger partial charge in [0.1, 0.15) is 22.9 Å². The molecule has 0 heterocycles. The molecule has 0 aliphatic heterocycles. The third kappa shape index (κ3) is 8.15. The van der Waals surface area contributed by atoms with E-state index in [4.69, 9.17) is 9.47 Å². The molecule has 0 saturated carbocycles. The second-order valence-corrected chi connectivity index (χ2v) is 9.87. The number of phenolic OH excluding ortho intramolecular Hbond substituents is 1. The molecule has 0 radical (unpaired) electrons. The summed E-state index contributed by atoms with van der Waals surface area (Å²) in [7, 11) is 2.97. The molecule has 214 valence electrons. The van der Waals surface area contributed by atoms with Crippen LogP contribution in [0.5, 0.6) is 17.2 Å². The Morgan fingerprint density at radius 2 is 1.55 bits per heavy atom. The molecule has 0 bridgehead atoms. The van der Waals surface area contributed by atoms with E-state index in [0.29, 0.717) is 34.0 Å². The fraction of sp³-hybridized carbons (Fsp3) is 0.0938. The second kappa shape index (κ2) is 14.4. The van der Waals surface area contributed by atoms with Crippen molar-refractivity contribution in [3.05, 3.63) is 114 Å². The molecule has 0 unspecified atom stereocenters. The van der Waals surface area contributed by atoms with Gasteiger partial charge in [-0.05, 0) is 60.7 Å². The van der Waals surface area contributed by atoms with E-state index in [1.165, 1.54) is 44.2 Å². The van der Waals surface area contributed by atoms with Gasteiger partial charge in [0.2, 0.25) is 5.91 Å². The van der Waals surface area contributed by atoms with Crippen molar-refractivity contribution in [1.29, 1.82) is 0 Å². The molecule has 0 saturated heterocycles. The second-order valence-electron chi connectivity index (χ2n) is 8.82. The average Bonchev–Trinajstić information content (AvgIpc) is 3.01. The average molecular weight is 584 g/mol. The summed E-state index contributed by atoms with van der Waals surface area (Å²) in [5.74, 6) is -0.253. The van der Waals surface area contributed by atoms with Crippen molar-refractivity contribution < 1.29 is 29.0 Å². The van der Waals surface area contributed by atoms with Gasteiger partial charge >= 0.3 is 0 Å². The van der Waals surface area contributed by atoms with E-state index in [1.807, 2.05) is 12.1 Å². The minimum absolute atomic E-state index is 0.00535. The SMILES string of the molecule is COc1cc(O)ccc1/C=C(/NC(=O)c1ccccc1)C(=O)Nc1cccc(SCC(=O)Nc2ccccc2OC)c1. The Kier molecular flexibility index (Phi) is 10.2. The fourth-order valence-electron chi connectivity index (χ4n) is 3.86. The number of methoxy groups -OCH3 is 2. The standard InChI is InChI=1S/C32H29N3O6S/c1-40-28-14-7-6-13-26(28)34-30(37)20-42-25-12-8-11-23(18-25)33-32(39)27(35-31(38)21-9-4-3-5-10-21)17-22-15-16-24(36)19-29(22)41-2/h3-19,36H,20H2,1-2H3,(H,33,39)(H,34,37)(H,35,38)/b27-17+. The fourth-order valence-corrected chi connectivity index (χ4v) is 4.62. The first kappa shape index (κ1) is 29.8. The predicted octanol–water partition coefficient (Wildman–Crippen LogP) is 5.55. The van der Waals surface area contributed by atoms with Gasteiger partial charge in [0.15, 0.2) is 0 Å². The van der Waals surface area contributed by atoms with Gasteiger partial charge in [0.05, 0.1) is 25.7 Å². The summed E-state index contributed by atoms with van der Waals surface area (Å²) in [5, 5.41) is 18.1. The van der Waals surface area contributed by atoms with Crippen molar-refractivity contribution in [2.75, 3.05) is 30.6 Å². The lowest BCUT2D eigenvalue weighted by Gasteiger charge is -2.13. The van der Waals surface area contributed by atoms with E-state index < -0.39 is 11.8 Å². The molecule has 0 aliphatic rings. The maximum atomic E-state index is 13.4. The number of phenols is 1. The highest BCUT2D eigenvalue weighted by Gasteiger charge is 2.17. The van der Waals surface area contributed by atoms with Gasteiger partial charge < -0.3 is 30.5 Å². The Morgan fingerprint density at radius 3 is 2.31 bits per heavy atom. The van der Waals surface area contributed by atoms with Gasteiger partial charge in [0.25, 0.3) is 11.8 Å². The summed E-state index contributed by atoms with van der Waals surface area (Å²) >= 11 is 1.30. The molecule has 4 rings (SSSR count). The zero-order valence-electron chi connectivity index (χ0n) is 22.9. The summed E-state index contributed by atoms with van der Waals surface area (Å²) in [5.41, 5.74) is 1.85. The minimum atomic E-state index is -0.578. The zero-order chi connectivity index (χ0) is 29.9. The Labute approximate surface area is 247 Å². The third-order valence-corrected chi connectivity index (χ3v) is 6.88. The van der Waals surface area contributed by atoms with Crippen LogP contribution in [-0.2, 0) is 9.59 Å².